The Balaban J connectivity index is 1.50. The SMILES string of the molecule is C=C(Cl)/C=C(C1OC2(CCN(Sc3ccc(OC(F)(F)F)cc3)CC2)c2ccccc21)\[N+](=C/C)OC. The van der Waals surface area contributed by atoms with Gasteiger partial charge in [0.15, 0.2) is 12.3 Å². The lowest BCUT2D eigenvalue weighted by Gasteiger charge is -2.39. The molecule has 2 heterocycles. The summed E-state index contributed by atoms with van der Waals surface area (Å²) in [6.45, 7) is 7.15. The van der Waals surface area contributed by atoms with Crippen LogP contribution in [0.4, 0.5) is 13.2 Å². The molecular weight excluding hydrogens is 513 g/mol. The molecule has 0 bridgehead atoms. The molecule has 2 aliphatic rings. The number of nitrogens with zero attached hydrogens (tertiary/aromatic N) is 2. The Morgan fingerprint density at radius 1 is 1.19 bits per heavy atom. The second-order valence-electron chi connectivity index (χ2n) is 8.40. The Labute approximate surface area is 217 Å². The lowest BCUT2D eigenvalue weighted by Crippen LogP contribution is -2.40. The topological polar surface area (TPSA) is 33.9 Å². The van der Waals surface area contributed by atoms with Gasteiger partial charge in [0.25, 0.3) is 5.70 Å². The predicted octanol–water partition coefficient (Wildman–Crippen LogP) is 6.96. The highest BCUT2D eigenvalue weighted by molar-refractivity contribution is 7.97. The second-order valence-corrected chi connectivity index (χ2v) is 10.1. The largest absolute Gasteiger partial charge is 0.573 e. The summed E-state index contributed by atoms with van der Waals surface area (Å²) in [6.07, 6.45) is -0.0303. The van der Waals surface area contributed by atoms with Crippen LogP contribution in [-0.4, -0.2) is 41.8 Å². The van der Waals surface area contributed by atoms with Gasteiger partial charge in [-0.15, -0.1) is 13.2 Å². The maximum absolute atomic E-state index is 12.4. The Morgan fingerprint density at radius 2 is 1.86 bits per heavy atom. The molecule has 0 aliphatic carbocycles. The molecule has 10 heteroatoms. The number of fused-ring (bicyclic) bond motifs is 2. The maximum Gasteiger partial charge on any atom is 0.573 e. The van der Waals surface area contributed by atoms with Crippen LogP contribution in [0.3, 0.4) is 0 Å². The molecule has 0 amide bonds. The van der Waals surface area contributed by atoms with Gasteiger partial charge in [0, 0.05) is 40.8 Å². The van der Waals surface area contributed by atoms with Crippen LogP contribution in [0.2, 0.25) is 0 Å². The number of allylic oxidation sites excluding steroid dienone is 2. The summed E-state index contributed by atoms with van der Waals surface area (Å²) in [4.78, 5) is 6.37. The van der Waals surface area contributed by atoms with Crippen molar-refractivity contribution in [2.75, 3.05) is 20.2 Å². The summed E-state index contributed by atoms with van der Waals surface area (Å²) in [5.74, 6) is -0.232. The van der Waals surface area contributed by atoms with Crippen molar-refractivity contribution in [3.8, 4) is 5.75 Å². The quantitative estimate of drug-likeness (QED) is 0.125. The number of rotatable bonds is 7. The first kappa shape index (κ1) is 26.6. The van der Waals surface area contributed by atoms with Gasteiger partial charge in [-0.25, -0.2) is 4.31 Å². The van der Waals surface area contributed by atoms with E-state index in [0.29, 0.717) is 5.03 Å². The molecule has 1 spiro atoms. The molecule has 0 radical (unpaired) electrons. The van der Waals surface area contributed by atoms with Crippen LogP contribution in [-0.2, 0) is 15.2 Å². The molecule has 2 aliphatic heterocycles. The number of alkyl halides is 3. The molecule has 1 unspecified atom stereocenters. The summed E-state index contributed by atoms with van der Waals surface area (Å²) >= 11 is 7.66. The average Bonchev–Trinajstić information content (AvgIpc) is 3.15. The van der Waals surface area contributed by atoms with E-state index in [1.807, 2.05) is 19.1 Å². The smallest absolute Gasteiger partial charge is 0.406 e. The van der Waals surface area contributed by atoms with Crippen molar-refractivity contribution >= 4 is 29.8 Å². The number of halogens is 4. The number of benzene rings is 2. The van der Waals surface area contributed by atoms with Gasteiger partial charge in [-0.3, -0.25) is 4.84 Å². The minimum absolute atomic E-state index is 0.232. The first-order chi connectivity index (χ1) is 17.1. The molecule has 36 heavy (non-hydrogen) atoms. The highest BCUT2D eigenvalue weighted by Crippen LogP contribution is 2.52. The zero-order valence-electron chi connectivity index (χ0n) is 19.9. The first-order valence-electron chi connectivity index (χ1n) is 11.4. The third kappa shape index (κ3) is 5.91. The number of hydroxylamine groups is 1. The third-order valence-corrected chi connectivity index (χ3v) is 7.37. The Morgan fingerprint density at radius 3 is 2.44 bits per heavy atom. The second kappa shape index (κ2) is 10.9. The van der Waals surface area contributed by atoms with E-state index in [1.54, 1.807) is 36.3 Å². The average molecular weight is 540 g/mol. The molecule has 2 aromatic carbocycles. The maximum atomic E-state index is 12.4. The van der Waals surface area contributed by atoms with E-state index in [2.05, 4.69) is 27.8 Å². The summed E-state index contributed by atoms with van der Waals surface area (Å²) in [5.41, 5.74) is 2.48. The van der Waals surface area contributed by atoms with Crippen LogP contribution in [0.1, 0.15) is 37.0 Å². The number of ether oxygens (including phenoxy) is 2. The minimum atomic E-state index is -4.70. The highest BCUT2D eigenvalue weighted by Gasteiger charge is 2.50. The van der Waals surface area contributed by atoms with E-state index in [-0.39, 0.29) is 11.9 Å². The highest BCUT2D eigenvalue weighted by atomic mass is 35.5. The number of hydrogen-bond acceptors (Lipinski definition) is 5. The molecule has 0 N–H and O–H groups in total. The summed E-state index contributed by atoms with van der Waals surface area (Å²) in [5, 5.41) is 0.369. The lowest BCUT2D eigenvalue weighted by molar-refractivity contribution is -0.746. The molecule has 1 saturated heterocycles. The van der Waals surface area contributed by atoms with Crippen molar-refractivity contribution in [3.05, 3.63) is 83.0 Å². The van der Waals surface area contributed by atoms with Gasteiger partial charge in [-0.1, -0.05) is 42.4 Å². The molecule has 1 fully saturated rings. The van der Waals surface area contributed by atoms with Gasteiger partial charge in [-0.2, -0.15) is 0 Å². The van der Waals surface area contributed by atoms with E-state index < -0.39 is 12.0 Å². The molecule has 4 rings (SSSR count). The Bertz CT molecular complexity index is 1160. The van der Waals surface area contributed by atoms with Crippen molar-refractivity contribution in [2.24, 2.45) is 0 Å². The van der Waals surface area contributed by atoms with Gasteiger partial charge < -0.3 is 9.47 Å². The fourth-order valence-corrected chi connectivity index (χ4v) is 5.70. The van der Waals surface area contributed by atoms with Crippen LogP contribution in [0, 0.1) is 0 Å². The van der Waals surface area contributed by atoms with Crippen LogP contribution in [0.5, 0.6) is 5.75 Å². The molecule has 0 aromatic heterocycles. The van der Waals surface area contributed by atoms with Crippen molar-refractivity contribution in [1.82, 2.24) is 4.31 Å². The standard InChI is InChI=1S/C26H27ClF3N2O3S/c1-4-32(33-3)23(17-18(2)27)24-21-7-5-6-8-22(21)25(35-24)13-15-31(16-14-25)36-20-11-9-19(10-12-20)34-26(28,29)30/h4-12,17,24H,2,13-16H2,1,3H3/q+1/b23-17-,32-4+. The molecule has 0 saturated carbocycles. The van der Waals surface area contributed by atoms with Crippen LogP contribution in [0.25, 0.3) is 0 Å². The molecule has 2 aromatic rings. The van der Waals surface area contributed by atoms with Crippen molar-refractivity contribution in [3.63, 3.8) is 0 Å². The zero-order valence-corrected chi connectivity index (χ0v) is 21.5. The Kier molecular flexibility index (Phi) is 8.04. The third-order valence-electron chi connectivity index (χ3n) is 6.16. The summed E-state index contributed by atoms with van der Waals surface area (Å²) in [6, 6.07) is 14.1. The normalized spacial score (nSPS) is 20.3. The molecular formula is C26H27ClF3N2O3S+. The van der Waals surface area contributed by atoms with Gasteiger partial charge in [0.1, 0.15) is 12.9 Å². The summed E-state index contributed by atoms with van der Waals surface area (Å²) in [7, 11) is 1.58. The number of piperidine rings is 1. The van der Waals surface area contributed by atoms with Gasteiger partial charge in [0.2, 0.25) is 0 Å². The number of hydrogen-bond donors (Lipinski definition) is 0. The van der Waals surface area contributed by atoms with Gasteiger partial charge in [0.05, 0.1) is 5.60 Å². The van der Waals surface area contributed by atoms with E-state index >= 15 is 0 Å². The van der Waals surface area contributed by atoms with E-state index in [9.17, 15) is 13.2 Å². The van der Waals surface area contributed by atoms with Gasteiger partial charge in [-0.05, 0) is 60.2 Å². The van der Waals surface area contributed by atoms with Crippen LogP contribution >= 0.6 is 23.5 Å². The van der Waals surface area contributed by atoms with Crippen molar-refractivity contribution in [2.45, 2.75) is 42.7 Å². The van der Waals surface area contributed by atoms with Crippen LogP contribution in [0.15, 0.2) is 76.8 Å². The fourth-order valence-electron chi connectivity index (χ4n) is 4.67. The molecule has 192 valence electrons. The van der Waals surface area contributed by atoms with E-state index in [0.717, 1.165) is 47.7 Å². The Hall–Kier alpha value is -2.46. The lowest BCUT2D eigenvalue weighted by atomic mass is 9.84. The summed E-state index contributed by atoms with van der Waals surface area (Å²) < 4.78 is 51.8. The predicted molar refractivity (Wildman–Crippen MR) is 134 cm³/mol. The first-order valence-corrected chi connectivity index (χ1v) is 12.5. The van der Waals surface area contributed by atoms with Gasteiger partial charge >= 0.3 is 6.36 Å². The van der Waals surface area contributed by atoms with E-state index in [1.165, 1.54) is 24.1 Å². The molecule has 5 nitrogen and oxygen atoms in total. The molecule has 1 atom stereocenters. The monoisotopic (exact) mass is 539 g/mol. The van der Waals surface area contributed by atoms with E-state index in [4.69, 9.17) is 21.2 Å². The fraction of sp³-hybridized carbons (Fsp3) is 0.346. The van der Waals surface area contributed by atoms with Crippen molar-refractivity contribution < 1.29 is 32.2 Å². The van der Waals surface area contributed by atoms with Crippen LogP contribution < -0.4 is 4.74 Å². The minimum Gasteiger partial charge on any atom is -0.406 e. The van der Waals surface area contributed by atoms with Crippen molar-refractivity contribution in [1.29, 1.82) is 0 Å². The zero-order chi connectivity index (χ0) is 25.9.